The van der Waals surface area contributed by atoms with Gasteiger partial charge in [-0.2, -0.15) is 18.2 Å². The molecule has 2 aromatic rings. The van der Waals surface area contributed by atoms with Crippen molar-refractivity contribution in [3.8, 4) is 0 Å². The van der Waals surface area contributed by atoms with Gasteiger partial charge in [-0.15, -0.1) is 0 Å². The van der Waals surface area contributed by atoms with Crippen molar-refractivity contribution < 1.29 is 22.7 Å². The molecule has 0 spiro atoms. The molecule has 2 aliphatic rings. The standard InChI is InChI=1S/C22H27F3N6O2/c1-2-17-14-31(8-10-33-17)21-27-18(15-4-6-30(13-15)7-9-32)12-20(29-21)28-19-11-16(3-5-26-19)22(23,24)25/h3,5,9,11-12,15,17H,2,4,6-8,10,13-14H2,1H3,(H,26,27,28,29). The first-order valence-electron chi connectivity index (χ1n) is 11.1. The second-order valence-corrected chi connectivity index (χ2v) is 8.29. The number of nitrogens with zero attached hydrogens (tertiary/aromatic N) is 5. The van der Waals surface area contributed by atoms with Crippen molar-refractivity contribution >= 4 is 23.9 Å². The van der Waals surface area contributed by atoms with Crippen LogP contribution < -0.4 is 10.2 Å². The maximum Gasteiger partial charge on any atom is 0.416 e. The summed E-state index contributed by atoms with van der Waals surface area (Å²) in [6, 6.07) is 3.66. The van der Waals surface area contributed by atoms with Gasteiger partial charge < -0.3 is 19.7 Å². The lowest BCUT2D eigenvalue weighted by molar-refractivity contribution is -0.137. The number of carbonyl (C=O) groups is 1. The zero-order chi connectivity index (χ0) is 23.4. The molecule has 2 atom stereocenters. The summed E-state index contributed by atoms with van der Waals surface area (Å²) in [4.78, 5) is 28.4. The molecule has 4 heterocycles. The number of aldehydes is 1. The van der Waals surface area contributed by atoms with Gasteiger partial charge in [0.15, 0.2) is 0 Å². The smallest absolute Gasteiger partial charge is 0.375 e. The van der Waals surface area contributed by atoms with Crippen molar-refractivity contribution in [2.24, 2.45) is 0 Å². The topological polar surface area (TPSA) is 83.5 Å². The van der Waals surface area contributed by atoms with Gasteiger partial charge in [0.25, 0.3) is 0 Å². The molecule has 8 nitrogen and oxygen atoms in total. The van der Waals surface area contributed by atoms with Gasteiger partial charge in [0.05, 0.1) is 30.5 Å². The molecule has 0 aliphatic carbocycles. The third kappa shape index (κ3) is 5.77. The van der Waals surface area contributed by atoms with Crippen LogP contribution in [0.15, 0.2) is 24.4 Å². The molecular formula is C22H27F3N6O2. The highest BCUT2D eigenvalue weighted by molar-refractivity contribution is 5.56. The van der Waals surface area contributed by atoms with E-state index in [2.05, 4.69) is 27.1 Å². The fourth-order valence-electron chi connectivity index (χ4n) is 4.17. The summed E-state index contributed by atoms with van der Waals surface area (Å²) in [5.41, 5.74) is 0.0104. The molecule has 2 aromatic heterocycles. The largest absolute Gasteiger partial charge is 0.416 e. The third-order valence-corrected chi connectivity index (χ3v) is 5.98. The highest BCUT2D eigenvalue weighted by Gasteiger charge is 2.31. The van der Waals surface area contributed by atoms with Crippen molar-refractivity contribution in [1.29, 1.82) is 0 Å². The van der Waals surface area contributed by atoms with Crippen LogP contribution in [0.3, 0.4) is 0 Å². The Balaban J connectivity index is 1.63. The van der Waals surface area contributed by atoms with Crippen LogP contribution in [0, 0.1) is 0 Å². The van der Waals surface area contributed by atoms with E-state index in [-0.39, 0.29) is 17.8 Å². The van der Waals surface area contributed by atoms with Crippen LogP contribution in [0.25, 0.3) is 0 Å². The molecule has 1 N–H and O–H groups in total. The van der Waals surface area contributed by atoms with Gasteiger partial charge in [0.2, 0.25) is 5.95 Å². The van der Waals surface area contributed by atoms with Crippen LogP contribution in [0.4, 0.5) is 30.8 Å². The normalized spacial score (nSPS) is 21.9. The van der Waals surface area contributed by atoms with Crippen molar-refractivity contribution in [3.05, 3.63) is 35.7 Å². The summed E-state index contributed by atoms with van der Waals surface area (Å²) >= 11 is 0. The van der Waals surface area contributed by atoms with Crippen LogP contribution >= 0.6 is 0 Å². The number of likely N-dealkylation sites (tertiary alicyclic amines) is 1. The van der Waals surface area contributed by atoms with Crippen LogP contribution in [0.5, 0.6) is 0 Å². The Morgan fingerprint density at radius 3 is 2.82 bits per heavy atom. The maximum absolute atomic E-state index is 13.1. The Morgan fingerprint density at radius 1 is 1.21 bits per heavy atom. The van der Waals surface area contributed by atoms with Crippen LogP contribution in [-0.2, 0) is 15.7 Å². The Kier molecular flexibility index (Phi) is 7.08. The number of rotatable bonds is 7. The minimum Gasteiger partial charge on any atom is -0.375 e. The molecule has 4 rings (SSSR count). The molecule has 2 saturated heterocycles. The fraction of sp³-hybridized carbons (Fsp3) is 0.545. The molecular weight excluding hydrogens is 437 g/mol. The van der Waals surface area contributed by atoms with E-state index < -0.39 is 11.7 Å². The fourth-order valence-corrected chi connectivity index (χ4v) is 4.17. The van der Waals surface area contributed by atoms with Gasteiger partial charge in [-0.25, -0.2) is 9.97 Å². The molecule has 0 bridgehead atoms. The van der Waals surface area contributed by atoms with E-state index in [9.17, 15) is 18.0 Å². The number of alkyl halides is 3. The molecule has 0 aromatic carbocycles. The number of morpholine rings is 1. The molecule has 0 radical (unpaired) electrons. The van der Waals surface area contributed by atoms with Gasteiger partial charge in [-0.1, -0.05) is 6.92 Å². The van der Waals surface area contributed by atoms with Crippen molar-refractivity contribution in [1.82, 2.24) is 19.9 Å². The van der Waals surface area contributed by atoms with E-state index in [1.807, 2.05) is 4.90 Å². The average molecular weight is 464 g/mol. The Labute approximate surface area is 190 Å². The van der Waals surface area contributed by atoms with E-state index in [1.54, 1.807) is 6.07 Å². The number of hydrogen-bond acceptors (Lipinski definition) is 8. The molecule has 2 fully saturated rings. The molecule has 11 heteroatoms. The third-order valence-electron chi connectivity index (χ3n) is 5.98. The number of carbonyl (C=O) groups excluding carboxylic acids is 1. The molecule has 33 heavy (non-hydrogen) atoms. The molecule has 0 saturated carbocycles. The van der Waals surface area contributed by atoms with Crippen LogP contribution in [0.1, 0.15) is 36.9 Å². The zero-order valence-corrected chi connectivity index (χ0v) is 18.4. The summed E-state index contributed by atoms with van der Waals surface area (Å²) < 4.78 is 45.1. The van der Waals surface area contributed by atoms with E-state index >= 15 is 0 Å². The Hall–Kier alpha value is -2.79. The van der Waals surface area contributed by atoms with Crippen molar-refractivity contribution in [2.75, 3.05) is 49.5 Å². The number of pyridine rings is 1. The summed E-state index contributed by atoms with van der Waals surface area (Å²) in [5, 5.41) is 2.93. The predicted octanol–water partition coefficient (Wildman–Crippen LogP) is 3.24. The number of nitrogens with one attached hydrogen (secondary N) is 1. The number of anilines is 3. The molecule has 178 valence electrons. The number of aromatic nitrogens is 3. The molecule has 2 aliphatic heterocycles. The second kappa shape index (κ2) is 10.0. The van der Waals surface area contributed by atoms with E-state index in [0.29, 0.717) is 44.6 Å². The number of ether oxygens (including phenoxy) is 1. The number of hydrogen-bond donors (Lipinski definition) is 1. The quantitative estimate of drug-likeness (QED) is 0.626. The highest BCUT2D eigenvalue weighted by atomic mass is 19.4. The van der Waals surface area contributed by atoms with Crippen LogP contribution in [-0.4, -0.2) is 71.6 Å². The summed E-state index contributed by atoms with van der Waals surface area (Å²) in [5.74, 6) is 1.06. The zero-order valence-electron chi connectivity index (χ0n) is 18.4. The van der Waals surface area contributed by atoms with Gasteiger partial charge >= 0.3 is 6.18 Å². The van der Waals surface area contributed by atoms with Crippen molar-refractivity contribution in [3.63, 3.8) is 0 Å². The second-order valence-electron chi connectivity index (χ2n) is 8.29. The van der Waals surface area contributed by atoms with Gasteiger partial charge in [0.1, 0.15) is 17.9 Å². The Bertz CT molecular complexity index is 973. The lowest BCUT2D eigenvalue weighted by Gasteiger charge is -2.33. The lowest BCUT2D eigenvalue weighted by atomic mass is 10.0. The molecule has 0 amide bonds. The molecule has 2 unspecified atom stereocenters. The van der Waals surface area contributed by atoms with E-state index in [1.165, 1.54) is 0 Å². The Morgan fingerprint density at radius 2 is 2.06 bits per heavy atom. The van der Waals surface area contributed by atoms with E-state index in [0.717, 1.165) is 49.7 Å². The first-order chi connectivity index (χ1) is 15.9. The van der Waals surface area contributed by atoms with Gasteiger partial charge in [-0.3, -0.25) is 4.90 Å². The maximum atomic E-state index is 13.1. The van der Waals surface area contributed by atoms with Gasteiger partial charge in [0, 0.05) is 37.8 Å². The van der Waals surface area contributed by atoms with Gasteiger partial charge in [-0.05, 0) is 31.5 Å². The first kappa shape index (κ1) is 23.4. The summed E-state index contributed by atoms with van der Waals surface area (Å²) in [6.07, 6.45) is -0.682. The SMILES string of the molecule is CCC1CN(c2nc(Nc3cc(C(F)(F)F)ccn3)cc(C3CCN(CC=O)C3)n2)CCO1. The minimum atomic E-state index is -4.46. The summed E-state index contributed by atoms with van der Waals surface area (Å²) in [6.45, 7) is 5.73. The highest BCUT2D eigenvalue weighted by Crippen LogP contribution is 2.32. The monoisotopic (exact) mass is 464 g/mol. The van der Waals surface area contributed by atoms with E-state index in [4.69, 9.17) is 9.72 Å². The lowest BCUT2D eigenvalue weighted by Crippen LogP contribution is -2.43. The average Bonchev–Trinajstić information content (AvgIpc) is 3.27. The minimum absolute atomic E-state index is 0.0582. The predicted molar refractivity (Wildman–Crippen MR) is 117 cm³/mol. The van der Waals surface area contributed by atoms with Crippen molar-refractivity contribution in [2.45, 2.75) is 38.0 Å². The number of halogens is 3. The summed E-state index contributed by atoms with van der Waals surface area (Å²) in [7, 11) is 0. The van der Waals surface area contributed by atoms with Crippen LogP contribution in [0.2, 0.25) is 0 Å². The first-order valence-corrected chi connectivity index (χ1v) is 11.1.